The van der Waals surface area contributed by atoms with Crippen molar-refractivity contribution in [3.05, 3.63) is 24.5 Å². The molecule has 1 N–H and O–H groups in total. The summed E-state index contributed by atoms with van der Waals surface area (Å²) < 4.78 is 0. The van der Waals surface area contributed by atoms with Crippen molar-refractivity contribution in [1.82, 2.24) is 15.2 Å². The molecular weight excluding hydrogens is 114 g/mol. The lowest BCUT2D eigenvalue weighted by molar-refractivity contribution is 1.06. The molecule has 2 rings (SSSR count). The van der Waals surface area contributed by atoms with E-state index in [1.807, 2.05) is 6.07 Å². The molecule has 0 spiro atoms. The zero-order valence-electron chi connectivity index (χ0n) is 4.63. The van der Waals surface area contributed by atoms with Crippen molar-refractivity contribution in [2.24, 2.45) is 0 Å². The van der Waals surface area contributed by atoms with Crippen LogP contribution in [-0.2, 0) is 0 Å². The monoisotopic (exact) mass is 118 g/mol. The van der Waals surface area contributed by atoms with Gasteiger partial charge in [-0.2, -0.15) is 5.10 Å². The van der Waals surface area contributed by atoms with Gasteiger partial charge in [0.1, 0.15) is 0 Å². The standard InChI is InChI=1S/C6H4N3/c1-3-7-6-5(1)2-4-8-9-6/h2-4H,(H,7,9). The van der Waals surface area contributed by atoms with Gasteiger partial charge in [-0.1, -0.05) is 0 Å². The minimum atomic E-state index is 0.789. The molecule has 0 bridgehead atoms. The van der Waals surface area contributed by atoms with Crippen molar-refractivity contribution >= 4 is 11.0 Å². The number of aromatic nitrogens is 3. The number of H-pyrrole nitrogens is 1. The van der Waals surface area contributed by atoms with E-state index in [4.69, 9.17) is 0 Å². The summed E-state index contributed by atoms with van der Waals surface area (Å²) in [7, 11) is 0. The highest BCUT2D eigenvalue weighted by molar-refractivity contribution is 5.73. The molecule has 0 fully saturated rings. The van der Waals surface area contributed by atoms with Crippen LogP contribution in [0.25, 0.3) is 11.0 Å². The van der Waals surface area contributed by atoms with E-state index in [9.17, 15) is 0 Å². The summed E-state index contributed by atoms with van der Waals surface area (Å²) in [5.74, 6) is 0. The molecule has 2 heterocycles. The van der Waals surface area contributed by atoms with E-state index in [-0.39, 0.29) is 0 Å². The zero-order valence-corrected chi connectivity index (χ0v) is 4.63. The van der Waals surface area contributed by atoms with Gasteiger partial charge in [0.25, 0.3) is 0 Å². The molecule has 3 nitrogen and oxygen atoms in total. The highest BCUT2D eigenvalue weighted by Gasteiger charge is 1.90. The van der Waals surface area contributed by atoms with E-state index in [1.165, 1.54) is 0 Å². The van der Waals surface area contributed by atoms with E-state index in [1.54, 1.807) is 12.4 Å². The second kappa shape index (κ2) is 1.55. The Morgan fingerprint density at radius 1 is 1.56 bits per heavy atom. The van der Waals surface area contributed by atoms with Gasteiger partial charge in [0.2, 0.25) is 0 Å². The van der Waals surface area contributed by atoms with Crippen LogP contribution in [0.4, 0.5) is 0 Å². The van der Waals surface area contributed by atoms with Crippen LogP contribution in [0.15, 0.2) is 18.5 Å². The van der Waals surface area contributed by atoms with Gasteiger partial charge in [0.05, 0.1) is 6.20 Å². The highest BCUT2D eigenvalue weighted by Crippen LogP contribution is 2.03. The average molecular weight is 118 g/mol. The second-order valence-electron chi connectivity index (χ2n) is 1.73. The largest absolute Gasteiger partial charge is 0.344 e. The Bertz CT molecular complexity index is 282. The summed E-state index contributed by atoms with van der Waals surface area (Å²) in [4.78, 5) is 2.89. The van der Waals surface area contributed by atoms with E-state index in [2.05, 4.69) is 21.2 Å². The minimum absolute atomic E-state index is 0.789. The van der Waals surface area contributed by atoms with Crippen LogP contribution in [-0.4, -0.2) is 15.2 Å². The Morgan fingerprint density at radius 2 is 2.56 bits per heavy atom. The number of fused-ring (bicyclic) bond motifs is 1. The van der Waals surface area contributed by atoms with Crippen LogP contribution in [0, 0.1) is 6.07 Å². The Balaban J connectivity index is 2.95. The molecule has 3 heteroatoms. The molecule has 0 unspecified atom stereocenters. The van der Waals surface area contributed by atoms with Gasteiger partial charge in [-0.3, -0.25) is 0 Å². The lowest BCUT2D eigenvalue weighted by Gasteiger charge is -1.80. The first kappa shape index (κ1) is 4.49. The van der Waals surface area contributed by atoms with E-state index < -0.39 is 0 Å². The fraction of sp³-hybridized carbons (Fsp3) is 0. The Morgan fingerprint density at radius 3 is 3.44 bits per heavy atom. The molecule has 0 amide bonds. The summed E-state index contributed by atoms with van der Waals surface area (Å²) in [6, 6.07) is 4.82. The van der Waals surface area contributed by atoms with Crippen molar-refractivity contribution in [3.63, 3.8) is 0 Å². The third-order valence-electron chi connectivity index (χ3n) is 1.16. The van der Waals surface area contributed by atoms with Crippen LogP contribution in [0.1, 0.15) is 0 Å². The normalized spacial score (nSPS) is 10.2. The number of aromatic amines is 1. The molecular formula is C6H4N3. The first-order chi connectivity index (χ1) is 4.47. The highest BCUT2D eigenvalue weighted by atomic mass is 15.1. The van der Waals surface area contributed by atoms with Gasteiger partial charge in [0, 0.05) is 17.6 Å². The second-order valence-corrected chi connectivity index (χ2v) is 1.73. The van der Waals surface area contributed by atoms with Crippen LogP contribution in [0.2, 0.25) is 0 Å². The summed E-state index contributed by atoms with van der Waals surface area (Å²) in [5.41, 5.74) is 0.789. The average Bonchev–Trinajstić information content (AvgIpc) is 2.33. The van der Waals surface area contributed by atoms with Crippen molar-refractivity contribution in [2.75, 3.05) is 0 Å². The van der Waals surface area contributed by atoms with Gasteiger partial charge >= 0.3 is 0 Å². The van der Waals surface area contributed by atoms with Crippen LogP contribution < -0.4 is 0 Å². The van der Waals surface area contributed by atoms with Crippen molar-refractivity contribution < 1.29 is 0 Å². The fourth-order valence-corrected chi connectivity index (χ4v) is 0.737. The zero-order chi connectivity index (χ0) is 6.10. The Kier molecular flexibility index (Phi) is 0.773. The van der Waals surface area contributed by atoms with Gasteiger partial charge in [0.15, 0.2) is 5.65 Å². The lowest BCUT2D eigenvalue weighted by atomic mass is 10.4. The molecule has 2 aromatic heterocycles. The summed E-state index contributed by atoms with van der Waals surface area (Å²) >= 11 is 0. The van der Waals surface area contributed by atoms with Crippen LogP contribution in [0.3, 0.4) is 0 Å². The lowest BCUT2D eigenvalue weighted by Crippen LogP contribution is -1.77. The van der Waals surface area contributed by atoms with Gasteiger partial charge < -0.3 is 4.98 Å². The van der Waals surface area contributed by atoms with Gasteiger partial charge in [-0.25, -0.2) is 0 Å². The number of nitrogens with zero attached hydrogens (tertiary/aromatic N) is 2. The van der Waals surface area contributed by atoms with E-state index >= 15 is 0 Å². The molecule has 0 saturated carbocycles. The molecule has 43 valence electrons. The number of hydrogen-bond acceptors (Lipinski definition) is 2. The predicted molar refractivity (Wildman–Crippen MR) is 32.7 cm³/mol. The molecule has 2 aromatic rings. The fourth-order valence-electron chi connectivity index (χ4n) is 0.737. The van der Waals surface area contributed by atoms with Crippen LogP contribution >= 0.6 is 0 Å². The smallest absolute Gasteiger partial charge is 0.160 e. The van der Waals surface area contributed by atoms with Crippen LogP contribution in [0.5, 0.6) is 0 Å². The molecule has 9 heavy (non-hydrogen) atoms. The third kappa shape index (κ3) is 0.579. The molecule has 0 aromatic carbocycles. The van der Waals surface area contributed by atoms with Crippen molar-refractivity contribution in [3.8, 4) is 0 Å². The maximum Gasteiger partial charge on any atom is 0.160 e. The maximum absolute atomic E-state index is 3.80. The maximum atomic E-state index is 3.80. The third-order valence-corrected chi connectivity index (χ3v) is 1.16. The summed E-state index contributed by atoms with van der Waals surface area (Å²) in [6.45, 7) is 0. The van der Waals surface area contributed by atoms with Crippen molar-refractivity contribution in [1.29, 1.82) is 0 Å². The molecule has 1 radical (unpaired) electrons. The quantitative estimate of drug-likeness (QED) is 0.554. The van der Waals surface area contributed by atoms with Gasteiger partial charge in [-0.15, -0.1) is 5.10 Å². The SMILES string of the molecule is [c]1c[nH]c2nnccc12. The topological polar surface area (TPSA) is 41.6 Å². The van der Waals surface area contributed by atoms with E-state index in [0.717, 1.165) is 11.0 Å². The minimum Gasteiger partial charge on any atom is -0.344 e. The summed E-state index contributed by atoms with van der Waals surface area (Å²) in [5, 5.41) is 8.47. The van der Waals surface area contributed by atoms with E-state index in [0.29, 0.717) is 0 Å². The molecule has 0 aliphatic heterocycles. The number of hydrogen-bond donors (Lipinski definition) is 1. The number of rotatable bonds is 0. The number of nitrogens with one attached hydrogen (secondary N) is 1. The molecule has 0 atom stereocenters. The van der Waals surface area contributed by atoms with Gasteiger partial charge in [-0.05, 0) is 6.07 Å². The first-order valence-electron chi connectivity index (χ1n) is 2.63. The molecule has 0 aliphatic carbocycles. The predicted octanol–water partition coefficient (Wildman–Crippen LogP) is 0.758. The van der Waals surface area contributed by atoms with Crippen molar-refractivity contribution in [2.45, 2.75) is 0 Å². The molecule has 0 saturated heterocycles. The summed E-state index contributed by atoms with van der Waals surface area (Å²) in [6.07, 6.45) is 3.37. The first-order valence-corrected chi connectivity index (χ1v) is 2.63. The molecule has 0 aliphatic rings. The Hall–Kier alpha value is -1.38. The Labute approximate surface area is 51.7 Å².